The molecule has 2 heterocycles. The molecular weight excluding hydrogens is 643 g/mol. The van der Waals surface area contributed by atoms with Crippen LogP contribution in [0.25, 0.3) is 22.3 Å². The van der Waals surface area contributed by atoms with Gasteiger partial charge in [-0.2, -0.15) is 18.2 Å². The first-order valence-corrected chi connectivity index (χ1v) is 15.9. The van der Waals surface area contributed by atoms with E-state index < -0.39 is 28.9 Å². The van der Waals surface area contributed by atoms with Crippen LogP contribution in [0, 0.1) is 11.6 Å². The van der Waals surface area contributed by atoms with Gasteiger partial charge in [0.1, 0.15) is 12.4 Å². The Kier molecular flexibility index (Phi) is 11.1. The van der Waals surface area contributed by atoms with E-state index >= 15 is 0 Å². The number of nitrogens with zero attached hydrogens (tertiary/aromatic N) is 6. The third kappa shape index (κ3) is 8.52. The van der Waals surface area contributed by atoms with Gasteiger partial charge in [0.25, 0.3) is 5.56 Å². The first-order valence-electron chi connectivity index (χ1n) is 15.9. The molecule has 0 radical (unpaired) electrons. The number of likely N-dealkylation sites (N-methyl/N-ethyl adjacent to an activating group) is 1. The average molecular weight is 679 g/mol. The van der Waals surface area contributed by atoms with Crippen LogP contribution in [0.4, 0.5) is 22.0 Å². The number of aromatic nitrogens is 4. The summed E-state index contributed by atoms with van der Waals surface area (Å²) in [6.07, 6.45) is -1.26. The lowest BCUT2D eigenvalue weighted by atomic mass is 10.1. The van der Waals surface area contributed by atoms with Crippen LogP contribution in [-0.2, 0) is 36.9 Å². The van der Waals surface area contributed by atoms with Crippen molar-refractivity contribution in [2.24, 2.45) is 0 Å². The number of carbonyl (C=O) groups is 1. The Labute approximate surface area is 279 Å². The number of hydrogen-bond donors (Lipinski definition) is 0. The van der Waals surface area contributed by atoms with Crippen molar-refractivity contribution in [1.82, 2.24) is 29.3 Å². The van der Waals surface area contributed by atoms with Crippen LogP contribution in [-0.4, -0.2) is 61.4 Å². The van der Waals surface area contributed by atoms with E-state index in [1.54, 1.807) is 33.7 Å². The van der Waals surface area contributed by atoms with Gasteiger partial charge in [-0.15, -0.1) is 0 Å². The first kappa shape index (κ1) is 35.3. The molecule has 8 nitrogen and oxygen atoms in total. The summed E-state index contributed by atoms with van der Waals surface area (Å²) in [6.45, 7) is 6.50. The summed E-state index contributed by atoms with van der Waals surface area (Å²) >= 11 is 0. The van der Waals surface area contributed by atoms with Crippen LogP contribution in [0.15, 0.2) is 83.9 Å². The van der Waals surface area contributed by atoms with Crippen LogP contribution in [0.5, 0.6) is 0 Å². The monoisotopic (exact) mass is 678 g/mol. The SMILES string of the molecule is CCN(CC)CCN(Cc1cnc(-c2ccc(C(F)(F)F)cc2)nc1)C(=O)Cn1c(CCc2cccc(F)c2F)nc(=O)c2ccccc21. The summed E-state index contributed by atoms with van der Waals surface area (Å²) in [6, 6.07) is 15.2. The molecule has 0 aliphatic rings. The Bertz CT molecular complexity index is 1960. The number of alkyl halides is 3. The number of benzene rings is 3. The Morgan fingerprint density at radius 3 is 2.22 bits per heavy atom. The van der Waals surface area contributed by atoms with Gasteiger partial charge in [0, 0.05) is 49.6 Å². The van der Waals surface area contributed by atoms with Crippen molar-refractivity contribution in [3.8, 4) is 11.4 Å². The summed E-state index contributed by atoms with van der Waals surface area (Å²) < 4.78 is 69.0. The fraction of sp³-hybridized carbons (Fsp3) is 0.306. The quantitative estimate of drug-likeness (QED) is 0.136. The molecule has 2 aromatic heterocycles. The number of rotatable bonds is 13. The molecule has 5 aromatic rings. The maximum atomic E-state index is 14.5. The van der Waals surface area contributed by atoms with Gasteiger partial charge in [0.15, 0.2) is 17.5 Å². The predicted octanol–water partition coefficient (Wildman–Crippen LogP) is 6.31. The lowest BCUT2D eigenvalue weighted by Crippen LogP contribution is -2.40. The van der Waals surface area contributed by atoms with Crippen LogP contribution in [0.2, 0.25) is 0 Å². The molecule has 0 atom stereocenters. The maximum absolute atomic E-state index is 14.5. The van der Waals surface area contributed by atoms with Gasteiger partial charge in [-0.3, -0.25) is 9.59 Å². The molecule has 0 unspecified atom stereocenters. The standard InChI is InChI=1S/C36H35F5N6O2/c1-3-45(4-2)18-19-46(22-24-20-42-34(43-21-24)26-12-15-27(16-13-26)36(39,40)41)32(48)23-47-30-11-6-5-9-28(30)35(49)44-31(47)17-14-25-8-7-10-29(37)33(25)38/h5-13,15-16,20-21H,3-4,14,17-19,22-23H2,1-2H3. The molecule has 0 aliphatic carbocycles. The molecule has 1 amide bonds. The second kappa shape index (κ2) is 15.5. The number of hydrogen-bond acceptors (Lipinski definition) is 6. The van der Waals surface area contributed by atoms with Crippen LogP contribution in [0.3, 0.4) is 0 Å². The summed E-state index contributed by atoms with van der Waals surface area (Å²) in [5.74, 6) is -1.73. The first-order chi connectivity index (χ1) is 23.5. The van der Waals surface area contributed by atoms with Crippen LogP contribution in [0.1, 0.15) is 36.4 Å². The van der Waals surface area contributed by atoms with Crippen molar-refractivity contribution in [2.45, 2.75) is 46.0 Å². The smallest absolute Gasteiger partial charge is 0.335 e. The highest BCUT2D eigenvalue weighted by Crippen LogP contribution is 2.30. The molecule has 0 spiro atoms. The number of aryl methyl sites for hydroxylation is 2. The molecule has 0 N–H and O–H groups in total. The highest BCUT2D eigenvalue weighted by atomic mass is 19.4. The molecule has 13 heteroatoms. The molecule has 0 bridgehead atoms. The number of para-hydroxylation sites is 1. The van der Waals surface area contributed by atoms with Crippen molar-refractivity contribution in [1.29, 1.82) is 0 Å². The van der Waals surface area contributed by atoms with E-state index in [1.165, 1.54) is 36.7 Å². The number of fused-ring (bicyclic) bond motifs is 1. The Hall–Kier alpha value is -5.04. The van der Waals surface area contributed by atoms with Gasteiger partial charge in [-0.25, -0.2) is 18.7 Å². The minimum Gasteiger partial charge on any atom is -0.335 e. The third-order valence-electron chi connectivity index (χ3n) is 8.39. The van der Waals surface area contributed by atoms with E-state index in [9.17, 15) is 31.5 Å². The fourth-order valence-electron chi connectivity index (χ4n) is 5.57. The summed E-state index contributed by atoms with van der Waals surface area (Å²) in [5.41, 5.74) is 0.368. The van der Waals surface area contributed by atoms with Crippen molar-refractivity contribution in [3.63, 3.8) is 0 Å². The second-order valence-corrected chi connectivity index (χ2v) is 11.5. The van der Waals surface area contributed by atoms with Gasteiger partial charge in [-0.1, -0.05) is 50.2 Å². The number of amides is 1. The highest BCUT2D eigenvalue weighted by Gasteiger charge is 2.30. The van der Waals surface area contributed by atoms with E-state index in [0.29, 0.717) is 35.1 Å². The molecule has 0 saturated carbocycles. The highest BCUT2D eigenvalue weighted by molar-refractivity contribution is 5.82. The average Bonchev–Trinajstić information content (AvgIpc) is 3.10. The molecular formula is C36H35F5N6O2. The molecule has 5 rings (SSSR count). The molecule has 0 saturated heterocycles. The zero-order valence-corrected chi connectivity index (χ0v) is 27.1. The van der Waals surface area contributed by atoms with Gasteiger partial charge in [-0.05, 0) is 55.4 Å². The van der Waals surface area contributed by atoms with Crippen molar-refractivity contribution >= 4 is 16.8 Å². The van der Waals surface area contributed by atoms with Crippen LogP contribution >= 0.6 is 0 Å². The van der Waals surface area contributed by atoms with Gasteiger partial charge < -0.3 is 14.4 Å². The number of carbonyl (C=O) groups excluding carboxylic acids is 1. The van der Waals surface area contributed by atoms with Gasteiger partial charge >= 0.3 is 6.18 Å². The van der Waals surface area contributed by atoms with E-state index in [4.69, 9.17) is 0 Å². The zero-order chi connectivity index (χ0) is 35.1. The number of halogens is 5. The van der Waals surface area contributed by atoms with Crippen molar-refractivity contribution < 1.29 is 26.7 Å². The summed E-state index contributed by atoms with van der Waals surface area (Å²) in [5, 5.41) is 0.318. The second-order valence-electron chi connectivity index (χ2n) is 11.5. The topological polar surface area (TPSA) is 84.2 Å². The lowest BCUT2D eigenvalue weighted by molar-refractivity contribution is -0.137. The van der Waals surface area contributed by atoms with E-state index in [2.05, 4.69) is 19.9 Å². The lowest BCUT2D eigenvalue weighted by Gasteiger charge is -2.27. The third-order valence-corrected chi connectivity index (χ3v) is 8.39. The molecule has 0 fully saturated rings. The zero-order valence-electron chi connectivity index (χ0n) is 27.1. The largest absolute Gasteiger partial charge is 0.416 e. The van der Waals surface area contributed by atoms with Gasteiger partial charge in [0.2, 0.25) is 5.91 Å². The predicted molar refractivity (Wildman–Crippen MR) is 175 cm³/mol. The Balaban J connectivity index is 1.42. The summed E-state index contributed by atoms with van der Waals surface area (Å²) in [4.78, 5) is 43.8. The Morgan fingerprint density at radius 2 is 1.55 bits per heavy atom. The maximum Gasteiger partial charge on any atom is 0.416 e. The van der Waals surface area contributed by atoms with E-state index in [1.807, 2.05) is 13.8 Å². The minimum atomic E-state index is -4.46. The van der Waals surface area contributed by atoms with Crippen molar-refractivity contribution in [2.75, 3.05) is 26.2 Å². The van der Waals surface area contributed by atoms with Gasteiger partial charge in [0.05, 0.1) is 16.5 Å². The fourth-order valence-corrected chi connectivity index (χ4v) is 5.57. The molecule has 3 aromatic carbocycles. The molecule has 256 valence electrons. The molecule has 49 heavy (non-hydrogen) atoms. The van der Waals surface area contributed by atoms with E-state index in [-0.39, 0.29) is 49.1 Å². The van der Waals surface area contributed by atoms with Crippen LogP contribution < -0.4 is 5.56 Å². The molecule has 0 aliphatic heterocycles. The Morgan fingerprint density at radius 1 is 0.857 bits per heavy atom. The van der Waals surface area contributed by atoms with E-state index in [0.717, 1.165) is 31.3 Å². The normalized spacial score (nSPS) is 11.8. The van der Waals surface area contributed by atoms with Crippen molar-refractivity contribution in [3.05, 3.63) is 124 Å². The summed E-state index contributed by atoms with van der Waals surface area (Å²) in [7, 11) is 0. The minimum absolute atomic E-state index is 0.0524.